The van der Waals surface area contributed by atoms with E-state index in [1.165, 1.54) is 24.9 Å². The lowest BCUT2D eigenvalue weighted by molar-refractivity contribution is -0.0757. The molecule has 2 aromatic heterocycles. The van der Waals surface area contributed by atoms with Crippen molar-refractivity contribution in [1.29, 1.82) is 0 Å². The molecule has 0 aliphatic heterocycles. The maximum Gasteiger partial charge on any atom is 0.280 e. The first-order valence-corrected chi connectivity index (χ1v) is 7.06. The molecule has 1 amide bonds. The molecule has 0 unspecified atom stereocenters. The van der Waals surface area contributed by atoms with Crippen LogP contribution in [-0.4, -0.2) is 39.7 Å². The molecule has 2 rings (SSSR count). The number of allylic oxidation sites excluding steroid dienone is 4. The predicted molar refractivity (Wildman–Crippen MR) is 85.6 cm³/mol. The largest absolute Gasteiger partial charge is 0.280 e. The molecule has 0 atom stereocenters. The Labute approximate surface area is 133 Å². The number of halogens is 1. The first-order chi connectivity index (χ1) is 10.5. The number of amides is 1. The number of carbonyl (C=O) groups excluding carboxylic acids is 1. The molecular weight excluding hydrogens is 304 g/mol. The number of hydrogen-bond acceptors (Lipinski definition) is 4. The molecule has 0 bridgehead atoms. The normalized spacial score (nSPS) is 12.3. The molecule has 0 aromatic carbocycles. The summed E-state index contributed by atoms with van der Waals surface area (Å²) in [7, 11) is 2.97. The first kappa shape index (κ1) is 16.2. The lowest BCUT2D eigenvalue weighted by atomic mass is 10.1. The Bertz CT molecular complexity index is 764. The lowest BCUT2D eigenvalue weighted by Crippen LogP contribution is -2.27. The SMILES string of the molecule is C/C=C\C(=C/C)c1nc2c(Cl)cnn2cc1C(=O)N(C)OC. The third kappa shape index (κ3) is 2.88. The first-order valence-electron chi connectivity index (χ1n) is 6.68. The predicted octanol–water partition coefficient (Wildman–Crippen LogP) is 3.00. The van der Waals surface area contributed by atoms with Gasteiger partial charge in [0.25, 0.3) is 5.91 Å². The van der Waals surface area contributed by atoms with Crippen LogP contribution >= 0.6 is 11.6 Å². The van der Waals surface area contributed by atoms with E-state index in [0.717, 1.165) is 10.6 Å². The fraction of sp³-hybridized carbons (Fsp3) is 0.267. The van der Waals surface area contributed by atoms with Gasteiger partial charge in [0, 0.05) is 13.2 Å². The Balaban J connectivity index is 2.73. The van der Waals surface area contributed by atoms with Gasteiger partial charge in [-0.15, -0.1) is 0 Å². The summed E-state index contributed by atoms with van der Waals surface area (Å²) in [5, 5.41) is 5.66. The second-order valence-electron chi connectivity index (χ2n) is 4.49. The minimum absolute atomic E-state index is 0.317. The highest BCUT2D eigenvalue weighted by Gasteiger charge is 2.21. The third-order valence-corrected chi connectivity index (χ3v) is 3.44. The van der Waals surface area contributed by atoms with Gasteiger partial charge in [-0.05, 0) is 19.4 Å². The molecule has 22 heavy (non-hydrogen) atoms. The van der Waals surface area contributed by atoms with Crippen LogP contribution in [0.5, 0.6) is 0 Å². The van der Waals surface area contributed by atoms with Crippen molar-refractivity contribution in [3.05, 3.63) is 46.9 Å². The summed E-state index contributed by atoms with van der Waals surface area (Å²) >= 11 is 6.09. The Morgan fingerprint density at radius 2 is 2.18 bits per heavy atom. The van der Waals surface area contributed by atoms with Crippen molar-refractivity contribution in [3.63, 3.8) is 0 Å². The van der Waals surface area contributed by atoms with Crippen molar-refractivity contribution >= 4 is 28.7 Å². The van der Waals surface area contributed by atoms with Crippen LogP contribution in [0.2, 0.25) is 5.02 Å². The quantitative estimate of drug-likeness (QED) is 0.642. The summed E-state index contributed by atoms with van der Waals surface area (Å²) in [6, 6.07) is 0. The van der Waals surface area contributed by atoms with Crippen molar-refractivity contribution in [1.82, 2.24) is 19.7 Å². The third-order valence-electron chi connectivity index (χ3n) is 3.17. The van der Waals surface area contributed by atoms with Crippen molar-refractivity contribution in [2.24, 2.45) is 0 Å². The second kappa shape index (κ2) is 6.72. The average Bonchev–Trinajstić information content (AvgIpc) is 2.90. The highest BCUT2D eigenvalue weighted by Crippen LogP contribution is 2.23. The van der Waals surface area contributed by atoms with E-state index < -0.39 is 0 Å². The Morgan fingerprint density at radius 1 is 1.45 bits per heavy atom. The smallest absolute Gasteiger partial charge is 0.274 e. The van der Waals surface area contributed by atoms with E-state index in [0.29, 0.717) is 21.9 Å². The van der Waals surface area contributed by atoms with E-state index >= 15 is 0 Å². The van der Waals surface area contributed by atoms with Crippen molar-refractivity contribution < 1.29 is 9.63 Å². The monoisotopic (exact) mass is 320 g/mol. The van der Waals surface area contributed by atoms with Gasteiger partial charge in [-0.2, -0.15) is 5.10 Å². The topological polar surface area (TPSA) is 59.7 Å². The van der Waals surface area contributed by atoms with Crippen LogP contribution in [0, 0.1) is 0 Å². The van der Waals surface area contributed by atoms with Gasteiger partial charge >= 0.3 is 0 Å². The number of hydroxylamine groups is 2. The molecule has 116 valence electrons. The van der Waals surface area contributed by atoms with E-state index in [-0.39, 0.29) is 5.91 Å². The number of hydrogen-bond donors (Lipinski definition) is 0. The highest BCUT2D eigenvalue weighted by atomic mass is 35.5. The molecule has 0 N–H and O–H groups in total. The number of rotatable bonds is 4. The fourth-order valence-corrected chi connectivity index (χ4v) is 2.18. The molecule has 0 saturated carbocycles. The number of fused-ring (bicyclic) bond motifs is 1. The summed E-state index contributed by atoms with van der Waals surface area (Å²) in [6.45, 7) is 3.78. The Kier molecular flexibility index (Phi) is 4.95. The van der Waals surface area contributed by atoms with Crippen molar-refractivity contribution in [2.45, 2.75) is 13.8 Å². The molecule has 0 spiro atoms. The summed E-state index contributed by atoms with van der Waals surface area (Å²) < 4.78 is 1.48. The molecule has 2 aromatic rings. The zero-order chi connectivity index (χ0) is 16.3. The summed E-state index contributed by atoms with van der Waals surface area (Å²) in [4.78, 5) is 22.0. The van der Waals surface area contributed by atoms with E-state index in [1.807, 2.05) is 32.1 Å². The molecule has 0 aliphatic carbocycles. The standard InChI is InChI=1S/C15H17ClN4O2/c1-5-7-10(6-2)13-11(15(21)19(3)22-4)9-20-14(18-13)12(16)8-17-20/h5-9H,1-4H3/b7-5-,10-6+. The van der Waals surface area contributed by atoms with E-state index in [9.17, 15) is 4.79 Å². The van der Waals surface area contributed by atoms with E-state index in [2.05, 4.69) is 10.1 Å². The van der Waals surface area contributed by atoms with E-state index in [4.69, 9.17) is 16.4 Å². The van der Waals surface area contributed by atoms with Crippen LogP contribution in [0.4, 0.5) is 0 Å². The van der Waals surface area contributed by atoms with Crippen LogP contribution < -0.4 is 0 Å². The van der Waals surface area contributed by atoms with Gasteiger partial charge in [0.15, 0.2) is 5.65 Å². The Morgan fingerprint density at radius 3 is 2.77 bits per heavy atom. The zero-order valence-electron chi connectivity index (χ0n) is 12.9. The molecule has 0 saturated heterocycles. The fourth-order valence-electron chi connectivity index (χ4n) is 2.00. The van der Waals surface area contributed by atoms with Gasteiger partial charge in [0.1, 0.15) is 5.02 Å². The highest BCUT2D eigenvalue weighted by molar-refractivity contribution is 6.33. The molecule has 0 radical (unpaired) electrons. The number of carbonyl (C=O) groups is 1. The molecule has 0 fully saturated rings. The summed E-state index contributed by atoms with van der Waals surface area (Å²) in [5.74, 6) is -0.317. The second-order valence-corrected chi connectivity index (χ2v) is 4.90. The minimum Gasteiger partial charge on any atom is -0.274 e. The van der Waals surface area contributed by atoms with Gasteiger partial charge in [-0.25, -0.2) is 14.6 Å². The van der Waals surface area contributed by atoms with Crippen molar-refractivity contribution in [2.75, 3.05) is 14.2 Å². The molecule has 7 heteroatoms. The Hall–Kier alpha value is -2.18. The molecule has 0 aliphatic rings. The van der Waals surface area contributed by atoms with Crippen LogP contribution in [0.15, 0.2) is 30.6 Å². The maximum atomic E-state index is 12.5. The number of nitrogens with zero attached hydrogens (tertiary/aromatic N) is 4. The van der Waals surface area contributed by atoms with Crippen LogP contribution in [-0.2, 0) is 4.84 Å². The van der Waals surface area contributed by atoms with Crippen LogP contribution in [0.1, 0.15) is 29.9 Å². The molecule has 6 nitrogen and oxygen atoms in total. The molecular formula is C15H17ClN4O2. The van der Waals surface area contributed by atoms with E-state index in [1.54, 1.807) is 6.20 Å². The van der Waals surface area contributed by atoms with Crippen LogP contribution in [0.3, 0.4) is 0 Å². The maximum absolute atomic E-state index is 12.5. The minimum atomic E-state index is -0.317. The van der Waals surface area contributed by atoms with Crippen molar-refractivity contribution in [3.8, 4) is 0 Å². The van der Waals surface area contributed by atoms with Gasteiger partial charge < -0.3 is 0 Å². The summed E-state index contributed by atoms with van der Waals surface area (Å²) in [6.07, 6.45) is 8.74. The van der Waals surface area contributed by atoms with Gasteiger partial charge in [-0.1, -0.05) is 29.8 Å². The van der Waals surface area contributed by atoms with Gasteiger partial charge in [0.05, 0.1) is 24.6 Å². The average molecular weight is 321 g/mol. The zero-order valence-corrected chi connectivity index (χ0v) is 13.6. The van der Waals surface area contributed by atoms with Gasteiger partial charge in [0.2, 0.25) is 0 Å². The van der Waals surface area contributed by atoms with Gasteiger partial charge in [-0.3, -0.25) is 9.63 Å². The summed E-state index contributed by atoms with van der Waals surface area (Å²) in [5.41, 5.74) is 2.22. The lowest BCUT2D eigenvalue weighted by Gasteiger charge is -2.16. The number of aromatic nitrogens is 3. The molecule has 2 heterocycles. The van der Waals surface area contributed by atoms with Crippen LogP contribution in [0.25, 0.3) is 11.2 Å².